The Morgan fingerprint density at radius 1 is 1.26 bits per heavy atom. The van der Waals surface area contributed by atoms with Gasteiger partial charge in [0.15, 0.2) is 0 Å². The first-order chi connectivity index (χ1) is 11.1. The molecular weight excluding hydrogens is 290 g/mol. The fourth-order valence-corrected chi connectivity index (χ4v) is 3.98. The fourth-order valence-electron chi connectivity index (χ4n) is 3.98. The number of hydrogen-bond acceptors (Lipinski definition) is 4. The summed E-state index contributed by atoms with van der Waals surface area (Å²) >= 11 is 0. The van der Waals surface area contributed by atoms with Gasteiger partial charge in [-0.25, -0.2) is 0 Å². The lowest BCUT2D eigenvalue weighted by molar-refractivity contribution is -0.133. The molecule has 3 heterocycles. The number of pyridine rings is 1. The second-order valence-corrected chi connectivity index (χ2v) is 6.81. The fraction of sp³-hybridized carbons (Fsp3) is 0.667. The van der Waals surface area contributed by atoms with Crippen LogP contribution in [0.1, 0.15) is 37.1 Å². The highest BCUT2D eigenvalue weighted by Gasteiger charge is 2.46. The third kappa shape index (κ3) is 3.56. The first-order valence-electron chi connectivity index (χ1n) is 8.57. The molecule has 1 amide bonds. The quantitative estimate of drug-likeness (QED) is 0.833. The average Bonchev–Trinajstić information content (AvgIpc) is 2.84. The second-order valence-electron chi connectivity index (χ2n) is 6.81. The molecule has 0 unspecified atom stereocenters. The topological polar surface area (TPSA) is 45.7 Å². The van der Waals surface area contributed by atoms with E-state index in [9.17, 15) is 4.79 Å². The maximum Gasteiger partial charge on any atom is 0.223 e. The summed E-state index contributed by atoms with van der Waals surface area (Å²) in [6, 6.07) is 6.21. The summed E-state index contributed by atoms with van der Waals surface area (Å²) < 4.78 is 5.18. The van der Waals surface area contributed by atoms with Crippen molar-refractivity contribution in [3.8, 4) is 0 Å². The van der Waals surface area contributed by atoms with Gasteiger partial charge in [-0.05, 0) is 38.3 Å². The number of hydrogen-bond donors (Lipinski definition) is 0. The Labute approximate surface area is 138 Å². The Balaban J connectivity index is 1.60. The molecule has 5 nitrogen and oxygen atoms in total. The molecule has 1 aromatic rings. The maximum atomic E-state index is 12.2. The molecule has 3 rings (SSSR count). The van der Waals surface area contributed by atoms with Crippen LogP contribution in [0, 0.1) is 6.92 Å². The third-order valence-electron chi connectivity index (χ3n) is 5.32. The molecule has 126 valence electrons. The van der Waals surface area contributed by atoms with E-state index >= 15 is 0 Å². The lowest BCUT2D eigenvalue weighted by Crippen LogP contribution is -2.53. The van der Waals surface area contributed by atoms with E-state index in [1.807, 2.05) is 13.0 Å². The predicted molar refractivity (Wildman–Crippen MR) is 89.0 cm³/mol. The molecule has 0 radical (unpaired) electrons. The summed E-state index contributed by atoms with van der Waals surface area (Å²) in [5, 5.41) is 0. The van der Waals surface area contributed by atoms with Crippen molar-refractivity contribution in [2.75, 3.05) is 33.4 Å². The number of rotatable bonds is 5. The van der Waals surface area contributed by atoms with Crippen LogP contribution in [0.25, 0.3) is 0 Å². The number of likely N-dealkylation sites (tertiary alicyclic amines) is 2. The summed E-state index contributed by atoms with van der Waals surface area (Å²) in [5.41, 5.74) is 2.29. The van der Waals surface area contributed by atoms with Crippen LogP contribution in [0.15, 0.2) is 18.2 Å². The van der Waals surface area contributed by atoms with Crippen LogP contribution in [0.5, 0.6) is 0 Å². The average molecular weight is 317 g/mol. The minimum atomic E-state index is 0.0755. The molecule has 0 bridgehead atoms. The van der Waals surface area contributed by atoms with Crippen LogP contribution in [0.2, 0.25) is 0 Å². The second kappa shape index (κ2) is 6.97. The van der Waals surface area contributed by atoms with Gasteiger partial charge >= 0.3 is 0 Å². The SMILES string of the molecule is COCCN1C(=O)CCC12CCN(Cc1cccc(C)n1)CC2. The normalized spacial score (nSPS) is 21.3. The molecule has 0 aromatic carbocycles. The molecule has 1 spiro atoms. The van der Waals surface area contributed by atoms with Gasteiger partial charge in [0, 0.05) is 50.9 Å². The van der Waals surface area contributed by atoms with Crippen molar-refractivity contribution in [3.63, 3.8) is 0 Å². The highest BCUT2D eigenvalue weighted by Crippen LogP contribution is 2.39. The summed E-state index contributed by atoms with van der Waals surface area (Å²) in [4.78, 5) is 21.4. The minimum absolute atomic E-state index is 0.0755. The van der Waals surface area contributed by atoms with E-state index in [2.05, 4.69) is 26.9 Å². The van der Waals surface area contributed by atoms with Gasteiger partial charge in [-0.3, -0.25) is 14.7 Å². The Morgan fingerprint density at radius 2 is 2.04 bits per heavy atom. The van der Waals surface area contributed by atoms with Gasteiger partial charge in [-0.2, -0.15) is 0 Å². The molecule has 2 fully saturated rings. The zero-order valence-corrected chi connectivity index (χ0v) is 14.3. The number of amides is 1. The van der Waals surface area contributed by atoms with Crippen molar-refractivity contribution >= 4 is 5.91 Å². The molecule has 23 heavy (non-hydrogen) atoms. The lowest BCUT2D eigenvalue weighted by Gasteiger charge is -2.45. The van der Waals surface area contributed by atoms with Crippen LogP contribution in [0.3, 0.4) is 0 Å². The van der Waals surface area contributed by atoms with Crippen LogP contribution in [-0.2, 0) is 16.1 Å². The van der Waals surface area contributed by atoms with Crippen LogP contribution in [-0.4, -0.2) is 59.6 Å². The molecule has 2 saturated heterocycles. The predicted octanol–water partition coefficient (Wildman–Crippen LogP) is 1.99. The monoisotopic (exact) mass is 317 g/mol. The van der Waals surface area contributed by atoms with Gasteiger partial charge in [0.1, 0.15) is 0 Å². The highest BCUT2D eigenvalue weighted by atomic mass is 16.5. The van der Waals surface area contributed by atoms with Crippen LogP contribution < -0.4 is 0 Å². The van der Waals surface area contributed by atoms with Gasteiger partial charge in [-0.15, -0.1) is 0 Å². The molecule has 2 aliphatic heterocycles. The molecule has 2 aliphatic rings. The van der Waals surface area contributed by atoms with Gasteiger partial charge < -0.3 is 9.64 Å². The molecule has 0 saturated carbocycles. The van der Waals surface area contributed by atoms with Crippen molar-refractivity contribution in [1.29, 1.82) is 0 Å². The van der Waals surface area contributed by atoms with E-state index in [0.29, 0.717) is 18.9 Å². The Bertz CT molecular complexity index is 553. The zero-order chi connectivity index (χ0) is 16.3. The zero-order valence-electron chi connectivity index (χ0n) is 14.3. The molecular formula is C18H27N3O2. The van der Waals surface area contributed by atoms with Gasteiger partial charge in [0.2, 0.25) is 5.91 Å². The Kier molecular flexibility index (Phi) is 4.97. The number of nitrogens with zero attached hydrogens (tertiary/aromatic N) is 3. The lowest BCUT2D eigenvalue weighted by atomic mass is 9.85. The van der Waals surface area contributed by atoms with E-state index < -0.39 is 0 Å². The minimum Gasteiger partial charge on any atom is -0.383 e. The molecule has 0 aliphatic carbocycles. The number of ether oxygens (including phenoxy) is 1. The molecule has 5 heteroatoms. The molecule has 0 N–H and O–H groups in total. The maximum absolute atomic E-state index is 12.2. The highest BCUT2D eigenvalue weighted by molar-refractivity contribution is 5.79. The largest absolute Gasteiger partial charge is 0.383 e. The van der Waals surface area contributed by atoms with E-state index in [0.717, 1.165) is 56.8 Å². The first kappa shape index (κ1) is 16.4. The van der Waals surface area contributed by atoms with Gasteiger partial charge in [0.05, 0.1) is 12.3 Å². The third-order valence-corrected chi connectivity index (χ3v) is 5.32. The number of aryl methyl sites for hydroxylation is 1. The van der Waals surface area contributed by atoms with E-state index in [1.54, 1.807) is 7.11 Å². The number of piperidine rings is 1. The summed E-state index contributed by atoms with van der Waals surface area (Å²) in [5.74, 6) is 0.302. The van der Waals surface area contributed by atoms with Gasteiger partial charge in [-0.1, -0.05) is 6.07 Å². The number of carbonyl (C=O) groups is 1. The standard InChI is InChI=1S/C18H27N3O2/c1-15-4-3-5-16(19-15)14-20-10-8-18(9-11-20)7-6-17(22)21(18)12-13-23-2/h3-5H,6-14H2,1-2H3. The van der Waals surface area contributed by atoms with Gasteiger partial charge in [0.25, 0.3) is 0 Å². The van der Waals surface area contributed by atoms with Crippen LogP contribution >= 0.6 is 0 Å². The van der Waals surface area contributed by atoms with Crippen LogP contribution in [0.4, 0.5) is 0 Å². The molecule has 0 atom stereocenters. The van der Waals surface area contributed by atoms with E-state index in [1.165, 1.54) is 0 Å². The summed E-state index contributed by atoms with van der Waals surface area (Å²) in [6.07, 6.45) is 3.83. The van der Waals surface area contributed by atoms with Crippen molar-refractivity contribution in [1.82, 2.24) is 14.8 Å². The molecule has 1 aromatic heterocycles. The summed E-state index contributed by atoms with van der Waals surface area (Å²) in [7, 11) is 1.70. The Morgan fingerprint density at radius 3 is 2.74 bits per heavy atom. The van der Waals surface area contributed by atoms with Crippen molar-refractivity contribution < 1.29 is 9.53 Å². The van der Waals surface area contributed by atoms with E-state index in [4.69, 9.17) is 4.74 Å². The van der Waals surface area contributed by atoms with Crippen molar-refractivity contribution in [2.24, 2.45) is 0 Å². The number of carbonyl (C=O) groups excluding carboxylic acids is 1. The van der Waals surface area contributed by atoms with E-state index in [-0.39, 0.29) is 5.54 Å². The first-order valence-corrected chi connectivity index (χ1v) is 8.57. The van der Waals surface area contributed by atoms with Crippen molar-refractivity contribution in [3.05, 3.63) is 29.6 Å². The Hall–Kier alpha value is -1.46. The smallest absolute Gasteiger partial charge is 0.223 e. The summed E-state index contributed by atoms with van der Waals surface area (Å²) in [6.45, 7) is 6.37. The number of aromatic nitrogens is 1. The number of methoxy groups -OCH3 is 1. The van der Waals surface area contributed by atoms with Crippen molar-refractivity contribution in [2.45, 2.75) is 44.7 Å².